The van der Waals surface area contributed by atoms with Crippen molar-refractivity contribution in [1.82, 2.24) is 15.1 Å². The summed E-state index contributed by atoms with van der Waals surface area (Å²) in [5, 5.41) is 7.29. The van der Waals surface area contributed by atoms with E-state index in [0.29, 0.717) is 5.96 Å². The number of nitrogens with zero attached hydrogens (tertiary/aromatic N) is 3. The first kappa shape index (κ1) is 19.2. The van der Waals surface area contributed by atoms with E-state index in [1.807, 2.05) is 24.1 Å². The Morgan fingerprint density at radius 3 is 2.80 bits per heavy atom. The second kappa shape index (κ2) is 12.0. The van der Waals surface area contributed by atoms with Crippen molar-refractivity contribution >= 4 is 29.9 Å². The molecule has 20 heavy (non-hydrogen) atoms. The SMILES string of the molecule is CCCCCCNC(N)=NCCCc1cnn(C)c1.I. The van der Waals surface area contributed by atoms with Gasteiger partial charge in [-0.2, -0.15) is 5.10 Å². The molecule has 0 aliphatic rings. The molecule has 1 aromatic rings. The van der Waals surface area contributed by atoms with Gasteiger partial charge in [0.2, 0.25) is 0 Å². The molecule has 0 saturated carbocycles. The van der Waals surface area contributed by atoms with Gasteiger partial charge in [0, 0.05) is 26.3 Å². The van der Waals surface area contributed by atoms with Gasteiger partial charge >= 0.3 is 0 Å². The highest BCUT2D eigenvalue weighted by Gasteiger charge is 1.96. The number of unbranched alkanes of at least 4 members (excludes halogenated alkanes) is 3. The molecule has 0 fully saturated rings. The molecule has 0 atom stereocenters. The van der Waals surface area contributed by atoms with Crippen LogP contribution in [0.1, 0.15) is 44.6 Å². The lowest BCUT2D eigenvalue weighted by Crippen LogP contribution is -2.32. The summed E-state index contributed by atoms with van der Waals surface area (Å²) in [4.78, 5) is 4.32. The van der Waals surface area contributed by atoms with Crippen molar-refractivity contribution in [2.24, 2.45) is 17.8 Å². The molecule has 6 heteroatoms. The molecule has 0 spiro atoms. The van der Waals surface area contributed by atoms with Crippen LogP contribution in [0, 0.1) is 0 Å². The number of halogens is 1. The minimum Gasteiger partial charge on any atom is -0.370 e. The number of aliphatic imine (C=N–C) groups is 1. The average Bonchev–Trinajstić information content (AvgIpc) is 2.80. The highest BCUT2D eigenvalue weighted by Crippen LogP contribution is 2.00. The van der Waals surface area contributed by atoms with E-state index < -0.39 is 0 Å². The molecule has 0 unspecified atom stereocenters. The third-order valence-corrected chi connectivity index (χ3v) is 3.00. The Hall–Kier alpha value is -0.790. The molecule has 0 saturated heterocycles. The Kier molecular flexibility index (Phi) is 11.5. The number of hydrogen-bond donors (Lipinski definition) is 2. The summed E-state index contributed by atoms with van der Waals surface area (Å²) in [6.07, 6.45) is 10.9. The predicted molar refractivity (Wildman–Crippen MR) is 95.6 cm³/mol. The van der Waals surface area contributed by atoms with Crippen molar-refractivity contribution < 1.29 is 0 Å². The van der Waals surface area contributed by atoms with Gasteiger partial charge in [-0.05, 0) is 24.8 Å². The zero-order valence-electron chi connectivity index (χ0n) is 12.6. The van der Waals surface area contributed by atoms with E-state index in [2.05, 4.69) is 22.3 Å². The van der Waals surface area contributed by atoms with E-state index in [0.717, 1.165) is 25.9 Å². The second-order valence-electron chi connectivity index (χ2n) is 4.88. The van der Waals surface area contributed by atoms with E-state index in [1.165, 1.54) is 31.2 Å². The number of aromatic nitrogens is 2. The Bertz CT molecular complexity index is 375. The molecule has 0 aliphatic heterocycles. The standard InChI is InChI=1S/C14H27N5.HI/c1-3-4-5-6-9-16-14(15)17-10-7-8-13-11-18-19(2)12-13;/h11-12H,3-10H2,1-2H3,(H3,15,16,17);1H. The monoisotopic (exact) mass is 393 g/mol. The first-order valence-corrected chi connectivity index (χ1v) is 7.23. The summed E-state index contributed by atoms with van der Waals surface area (Å²) in [5.41, 5.74) is 7.05. The first-order valence-electron chi connectivity index (χ1n) is 7.23. The number of hydrogen-bond acceptors (Lipinski definition) is 2. The van der Waals surface area contributed by atoms with Crippen LogP contribution in [-0.4, -0.2) is 28.8 Å². The molecule has 1 aromatic heterocycles. The zero-order chi connectivity index (χ0) is 13.9. The third kappa shape index (κ3) is 9.17. The summed E-state index contributed by atoms with van der Waals surface area (Å²) in [6, 6.07) is 0. The van der Waals surface area contributed by atoms with E-state index in [1.54, 1.807) is 0 Å². The van der Waals surface area contributed by atoms with Crippen LogP contribution in [0.2, 0.25) is 0 Å². The molecule has 3 N–H and O–H groups in total. The fraction of sp³-hybridized carbons (Fsp3) is 0.714. The Morgan fingerprint density at radius 2 is 2.15 bits per heavy atom. The van der Waals surface area contributed by atoms with Crippen LogP contribution in [0.15, 0.2) is 17.4 Å². The number of nitrogens with two attached hydrogens (primary N) is 1. The lowest BCUT2D eigenvalue weighted by molar-refractivity contribution is 0.652. The summed E-state index contributed by atoms with van der Waals surface area (Å²) in [5.74, 6) is 0.572. The molecule has 116 valence electrons. The van der Waals surface area contributed by atoms with Crippen molar-refractivity contribution in [3.05, 3.63) is 18.0 Å². The molecular weight excluding hydrogens is 365 g/mol. The van der Waals surface area contributed by atoms with Crippen LogP contribution in [-0.2, 0) is 13.5 Å². The summed E-state index contributed by atoms with van der Waals surface area (Å²) in [7, 11) is 1.93. The minimum absolute atomic E-state index is 0. The molecule has 0 aliphatic carbocycles. The average molecular weight is 393 g/mol. The van der Waals surface area contributed by atoms with E-state index in [-0.39, 0.29) is 24.0 Å². The maximum atomic E-state index is 5.79. The number of guanidine groups is 1. The number of rotatable bonds is 9. The molecule has 0 amide bonds. The Balaban J connectivity index is 0.00000361. The molecule has 1 heterocycles. The van der Waals surface area contributed by atoms with E-state index in [4.69, 9.17) is 5.73 Å². The van der Waals surface area contributed by atoms with Crippen LogP contribution in [0.3, 0.4) is 0 Å². The second-order valence-corrected chi connectivity index (χ2v) is 4.88. The lowest BCUT2D eigenvalue weighted by Gasteiger charge is -2.05. The van der Waals surface area contributed by atoms with E-state index in [9.17, 15) is 0 Å². The zero-order valence-corrected chi connectivity index (χ0v) is 15.0. The van der Waals surface area contributed by atoms with Crippen LogP contribution >= 0.6 is 24.0 Å². The Labute approximate surface area is 139 Å². The van der Waals surface area contributed by atoms with Gasteiger partial charge in [-0.1, -0.05) is 26.2 Å². The molecule has 1 rings (SSSR count). The summed E-state index contributed by atoms with van der Waals surface area (Å²) >= 11 is 0. The van der Waals surface area contributed by atoms with Gasteiger partial charge in [0.05, 0.1) is 6.20 Å². The molecule has 0 aromatic carbocycles. The van der Waals surface area contributed by atoms with Gasteiger partial charge in [-0.15, -0.1) is 24.0 Å². The van der Waals surface area contributed by atoms with Gasteiger partial charge in [-0.3, -0.25) is 9.67 Å². The number of nitrogens with one attached hydrogen (secondary N) is 1. The van der Waals surface area contributed by atoms with Gasteiger partial charge in [-0.25, -0.2) is 0 Å². The van der Waals surface area contributed by atoms with Crippen LogP contribution in [0.4, 0.5) is 0 Å². The molecular formula is C14H28IN5. The number of aryl methyl sites for hydroxylation is 2. The molecule has 5 nitrogen and oxygen atoms in total. The van der Waals surface area contributed by atoms with Crippen LogP contribution in [0.25, 0.3) is 0 Å². The van der Waals surface area contributed by atoms with Crippen LogP contribution < -0.4 is 11.1 Å². The third-order valence-electron chi connectivity index (χ3n) is 3.00. The molecule has 0 radical (unpaired) electrons. The van der Waals surface area contributed by atoms with E-state index >= 15 is 0 Å². The summed E-state index contributed by atoms with van der Waals surface area (Å²) < 4.78 is 1.82. The Morgan fingerprint density at radius 1 is 1.35 bits per heavy atom. The van der Waals surface area contributed by atoms with Crippen molar-refractivity contribution in [3.8, 4) is 0 Å². The van der Waals surface area contributed by atoms with Gasteiger partial charge in [0.1, 0.15) is 0 Å². The van der Waals surface area contributed by atoms with Gasteiger partial charge in [0.15, 0.2) is 5.96 Å². The van der Waals surface area contributed by atoms with Crippen molar-refractivity contribution in [1.29, 1.82) is 0 Å². The van der Waals surface area contributed by atoms with Gasteiger partial charge < -0.3 is 11.1 Å². The normalized spacial score (nSPS) is 11.2. The van der Waals surface area contributed by atoms with Crippen molar-refractivity contribution in [3.63, 3.8) is 0 Å². The first-order chi connectivity index (χ1) is 9.22. The fourth-order valence-corrected chi connectivity index (χ4v) is 1.91. The van der Waals surface area contributed by atoms with Crippen LogP contribution in [0.5, 0.6) is 0 Å². The smallest absolute Gasteiger partial charge is 0.188 e. The van der Waals surface area contributed by atoms with Crippen molar-refractivity contribution in [2.75, 3.05) is 13.1 Å². The topological polar surface area (TPSA) is 68.2 Å². The highest BCUT2D eigenvalue weighted by molar-refractivity contribution is 14.0. The fourth-order valence-electron chi connectivity index (χ4n) is 1.91. The minimum atomic E-state index is 0. The molecule has 0 bridgehead atoms. The lowest BCUT2D eigenvalue weighted by atomic mass is 10.2. The predicted octanol–water partition coefficient (Wildman–Crippen LogP) is 2.46. The maximum Gasteiger partial charge on any atom is 0.188 e. The summed E-state index contributed by atoms with van der Waals surface area (Å²) in [6.45, 7) is 3.91. The maximum absolute atomic E-state index is 5.79. The van der Waals surface area contributed by atoms with Gasteiger partial charge in [0.25, 0.3) is 0 Å². The largest absolute Gasteiger partial charge is 0.370 e. The van der Waals surface area contributed by atoms with Crippen molar-refractivity contribution in [2.45, 2.75) is 45.4 Å². The highest BCUT2D eigenvalue weighted by atomic mass is 127. The quantitative estimate of drug-likeness (QED) is 0.293.